The number of carbonyl (C=O) groups is 2. The lowest BCUT2D eigenvalue weighted by molar-refractivity contribution is -0.152. The Morgan fingerprint density at radius 3 is 2.37 bits per heavy atom. The second kappa shape index (κ2) is 5.09. The van der Waals surface area contributed by atoms with E-state index in [1.54, 1.807) is 0 Å². The van der Waals surface area contributed by atoms with Crippen molar-refractivity contribution >= 4 is 21.7 Å². The highest BCUT2D eigenvalue weighted by molar-refractivity contribution is 7.91. The Hall–Kier alpha value is -1.15. The van der Waals surface area contributed by atoms with Crippen LogP contribution < -0.4 is 5.32 Å². The first-order valence-corrected chi connectivity index (χ1v) is 8.00. The molecule has 0 aliphatic carbocycles. The Morgan fingerprint density at radius 2 is 1.89 bits per heavy atom. The molecule has 2 heterocycles. The van der Waals surface area contributed by atoms with Crippen LogP contribution in [0.4, 0.5) is 0 Å². The number of carboxylic acid groups (broad SMARTS) is 1. The lowest BCUT2D eigenvalue weighted by Crippen LogP contribution is -2.58. The van der Waals surface area contributed by atoms with Gasteiger partial charge in [-0.05, 0) is 6.42 Å². The van der Waals surface area contributed by atoms with Gasteiger partial charge in [0.1, 0.15) is 5.54 Å². The number of hydrogen-bond acceptors (Lipinski definition) is 5. The molecule has 1 amide bonds. The van der Waals surface area contributed by atoms with Crippen molar-refractivity contribution in [2.24, 2.45) is 5.92 Å². The smallest absolute Gasteiger partial charge is 0.329 e. The minimum absolute atomic E-state index is 0.00569. The average Bonchev–Trinajstić information content (AvgIpc) is 2.71. The maximum Gasteiger partial charge on any atom is 0.329 e. The van der Waals surface area contributed by atoms with Gasteiger partial charge in [0.05, 0.1) is 17.4 Å². The quantitative estimate of drug-likeness (QED) is 0.702. The Kier molecular flexibility index (Phi) is 3.82. The van der Waals surface area contributed by atoms with Crippen LogP contribution in [0.3, 0.4) is 0 Å². The number of sulfone groups is 1. The molecule has 8 heteroatoms. The molecule has 2 aliphatic heterocycles. The van der Waals surface area contributed by atoms with Gasteiger partial charge in [-0.3, -0.25) is 4.79 Å². The van der Waals surface area contributed by atoms with Crippen LogP contribution >= 0.6 is 0 Å². The molecule has 2 rings (SSSR count). The molecule has 0 spiro atoms. The Morgan fingerprint density at radius 1 is 1.26 bits per heavy atom. The molecule has 19 heavy (non-hydrogen) atoms. The van der Waals surface area contributed by atoms with Crippen molar-refractivity contribution in [1.29, 1.82) is 0 Å². The third-order valence-electron chi connectivity index (χ3n) is 3.72. The molecule has 0 aromatic heterocycles. The van der Waals surface area contributed by atoms with E-state index in [1.807, 2.05) is 0 Å². The van der Waals surface area contributed by atoms with Gasteiger partial charge in [0.25, 0.3) is 0 Å². The number of hydrogen-bond donors (Lipinski definition) is 2. The topological polar surface area (TPSA) is 110 Å². The lowest BCUT2D eigenvalue weighted by Gasteiger charge is -2.34. The number of ether oxygens (including phenoxy) is 1. The Balaban J connectivity index is 2.06. The van der Waals surface area contributed by atoms with Crippen molar-refractivity contribution in [2.75, 3.05) is 24.7 Å². The van der Waals surface area contributed by atoms with E-state index in [0.717, 1.165) is 0 Å². The van der Waals surface area contributed by atoms with Crippen LogP contribution in [0.5, 0.6) is 0 Å². The van der Waals surface area contributed by atoms with Crippen molar-refractivity contribution in [3.8, 4) is 0 Å². The predicted octanol–water partition coefficient (Wildman–Crippen LogP) is -0.829. The normalized spacial score (nSPS) is 28.7. The van der Waals surface area contributed by atoms with Crippen LogP contribution in [0, 0.1) is 5.92 Å². The van der Waals surface area contributed by atoms with Gasteiger partial charge in [-0.25, -0.2) is 13.2 Å². The average molecular weight is 291 g/mol. The highest BCUT2D eigenvalue weighted by atomic mass is 32.2. The molecule has 0 bridgehead atoms. The van der Waals surface area contributed by atoms with Gasteiger partial charge in [-0.2, -0.15) is 0 Å². The summed E-state index contributed by atoms with van der Waals surface area (Å²) < 4.78 is 27.8. The first-order chi connectivity index (χ1) is 8.85. The van der Waals surface area contributed by atoms with Crippen LogP contribution in [0.1, 0.15) is 19.3 Å². The third-order valence-corrected chi connectivity index (χ3v) is 5.49. The van der Waals surface area contributed by atoms with E-state index in [4.69, 9.17) is 4.74 Å². The maximum absolute atomic E-state index is 12.0. The van der Waals surface area contributed by atoms with E-state index in [0.29, 0.717) is 0 Å². The molecule has 1 atom stereocenters. The number of amides is 1. The predicted molar refractivity (Wildman–Crippen MR) is 65.3 cm³/mol. The molecule has 0 aromatic carbocycles. The highest BCUT2D eigenvalue weighted by Crippen LogP contribution is 2.24. The van der Waals surface area contributed by atoms with Crippen LogP contribution in [0.2, 0.25) is 0 Å². The molecular weight excluding hydrogens is 274 g/mol. The Labute approximate surface area is 111 Å². The maximum atomic E-state index is 12.0. The molecule has 0 radical (unpaired) electrons. The largest absolute Gasteiger partial charge is 0.480 e. The van der Waals surface area contributed by atoms with Crippen LogP contribution in [-0.2, 0) is 24.2 Å². The molecule has 1 unspecified atom stereocenters. The van der Waals surface area contributed by atoms with Gasteiger partial charge in [0.2, 0.25) is 5.91 Å². The van der Waals surface area contributed by atoms with Crippen molar-refractivity contribution in [1.82, 2.24) is 5.32 Å². The summed E-state index contributed by atoms with van der Waals surface area (Å²) in [5.41, 5.74) is -1.32. The summed E-state index contributed by atoms with van der Waals surface area (Å²) >= 11 is 0. The second-order valence-corrected chi connectivity index (χ2v) is 7.32. The fourth-order valence-electron chi connectivity index (χ4n) is 2.45. The van der Waals surface area contributed by atoms with Crippen LogP contribution in [-0.4, -0.2) is 55.7 Å². The zero-order valence-electron chi connectivity index (χ0n) is 10.4. The van der Waals surface area contributed by atoms with E-state index >= 15 is 0 Å². The van der Waals surface area contributed by atoms with E-state index in [9.17, 15) is 23.1 Å². The zero-order valence-corrected chi connectivity index (χ0v) is 11.2. The number of nitrogens with one attached hydrogen (secondary N) is 1. The summed E-state index contributed by atoms with van der Waals surface area (Å²) in [7, 11) is -3.15. The number of aliphatic carboxylic acids is 1. The van der Waals surface area contributed by atoms with Crippen molar-refractivity contribution < 1.29 is 27.9 Å². The number of rotatable bonds is 3. The molecule has 2 fully saturated rings. The summed E-state index contributed by atoms with van der Waals surface area (Å²) in [6.45, 7) is 0.547. The molecule has 2 N–H and O–H groups in total. The van der Waals surface area contributed by atoms with Gasteiger partial charge in [0, 0.05) is 26.1 Å². The van der Waals surface area contributed by atoms with Gasteiger partial charge in [-0.15, -0.1) is 0 Å². The molecule has 7 nitrogen and oxygen atoms in total. The molecule has 108 valence electrons. The summed E-state index contributed by atoms with van der Waals surface area (Å²) in [4.78, 5) is 23.4. The van der Waals surface area contributed by atoms with Crippen molar-refractivity contribution in [3.63, 3.8) is 0 Å². The molecule has 0 aromatic rings. The van der Waals surface area contributed by atoms with E-state index in [-0.39, 0.29) is 44.0 Å². The van der Waals surface area contributed by atoms with Gasteiger partial charge < -0.3 is 15.2 Å². The zero-order chi connectivity index (χ0) is 14.1. The monoisotopic (exact) mass is 291 g/mol. The SMILES string of the molecule is O=C(NC1(C(=O)O)CCOCC1)C1CCS(=O)(=O)C1. The summed E-state index contributed by atoms with van der Waals surface area (Å²) in [5, 5.41) is 11.8. The highest BCUT2D eigenvalue weighted by Gasteiger charge is 2.44. The van der Waals surface area contributed by atoms with Crippen molar-refractivity contribution in [3.05, 3.63) is 0 Å². The van der Waals surface area contributed by atoms with Gasteiger partial charge in [0.15, 0.2) is 9.84 Å². The molecule has 0 saturated carbocycles. The first-order valence-electron chi connectivity index (χ1n) is 6.18. The minimum atomic E-state index is -3.15. The fourth-order valence-corrected chi connectivity index (χ4v) is 4.19. The number of carbonyl (C=O) groups excluding carboxylic acids is 1. The van der Waals surface area contributed by atoms with E-state index in [2.05, 4.69) is 5.32 Å². The summed E-state index contributed by atoms with van der Waals surface area (Å²) in [6.07, 6.45) is 0.668. The standard InChI is InChI=1S/C11H17NO6S/c13-9(8-1-6-19(16,17)7-8)12-11(10(14)15)2-4-18-5-3-11/h8H,1-7H2,(H,12,13)(H,14,15). The van der Waals surface area contributed by atoms with Gasteiger partial charge in [-0.1, -0.05) is 0 Å². The molecular formula is C11H17NO6S. The Bertz CT molecular complexity index is 479. The minimum Gasteiger partial charge on any atom is -0.480 e. The summed E-state index contributed by atoms with van der Waals surface area (Å²) in [6, 6.07) is 0. The van der Waals surface area contributed by atoms with Crippen LogP contribution in [0.15, 0.2) is 0 Å². The lowest BCUT2D eigenvalue weighted by atomic mass is 9.89. The van der Waals surface area contributed by atoms with Gasteiger partial charge >= 0.3 is 5.97 Å². The van der Waals surface area contributed by atoms with E-state index < -0.39 is 33.2 Å². The molecule has 2 aliphatic rings. The fraction of sp³-hybridized carbons (Fsp3) is 0.818. The van der Waals surface area contributed by atoms with E-state index in [1.165, 1.54) is 0 Å². The second-order valence-electron chi connectivity index (χ2n) is 5.09. The van der Waals surface area contributed by atoms with Crippen LogP contribution in [0.25, 0.3) is 0 Å². The number of carboxylic acids is 1. The third kappa shape index (κ3) is 3.06. The summed E-state index contributed by atoms with van der Waals surface area (Å²) in [5.74, 6) is -2.40. The van der Waals surface area contributed by atoms with Crippen molar-refractivity contribution in [2.45, 2.75) is 24.8 Å². The first kappa shape index (κ1) is 14.3. The molecule has 2 saturated heterocycles.